The zero-order chi connectivity index (χ0) is 15.1. The summed E-state index contributed by atoms with van der Waals surface area (Å²) in [7, 11) is 2.01. The van der Waals surface area contributed by atoms with E-state index >= 15 is 0 Å². The predicted molar refractivity (Wildman–Crippen MR) is 85.8 cm³/mol. The molecule has 0 bridgehead atoms. The molecule has 22 heavy (non-hydrogen) atoms. The van der Waals surface area contributed by atoms with Gasteiger partial charge in [0, 0.05) is 30.7 Å². The predicted octanol–water partition coefficient (Wildman–Crippen LogP) is 3.24. The van der Waals surface area contributed by atoms with Crippen molar-refractivity contribution in [1.82, 2.24) is 9.63 Å². The molecule has 0 spiro atoms. The van der Waals surface area contributed by atoms with Gasteiger partial charge in [-0.3, -0.25) is 0 Å². The molecule has 0 aliphatic carbocycles. The SMILES string of the molecule is Cn1cc(CCN2Cc3ccccc3O2)c2c(O)cccc21. The summed E-state index contributed by atoms with van der Waals surface area (Å²) in [4.78, 5) is 5.84. The molecule has 4 nitrogen and oxygen atoms in total. The second-order valence-electron chi connectivity index (χ2n) is 5.75. The Balaban J connectivity index is 1.54. The fourth-order valence-electron chi connectivity index (χ4n) is 3.16. The summed E-state index contributed by atoms with van der Waals surface area (Å²) in [6, 6.07) is 13.8. The zero-order valence-corrected chi connectivity index (χ0v) is 12.5. The van der Waals surface area contributed by atoms with Gasteiger partial charge < -0.3 is 14.5 Å². The third-order valence-corrected chi connectivity index (χ3v) is 4.25. The second-order valence-corrected chi connectivity index (χ2v) is 5.75. The fourth-order valence-corrected chi connectivity index (χ4v) is 3.16. The van der Waals surface area contributed by atoms with Gasteiger partial charge in [0.25, 0.3) is 0 Å². The van der Waals surface area contributed by atoms with Gasteiger partial charge in [0.15, 0.2) is 5.75 Å². The Bertz CT molecular complexity index is 813. The van der Waals surface area contributed by atoms with Crippen LogP contribution in [0.1, 0.15) is 11.1 Å². The first-order valence-corrected chi connectivity index (χ1v) is 7.49. The van der Waals surface area contributed by atoms with Gasteiger partial charge in [-0.25, -0.2) is 0 Å². The van der Waals surface area contributed by atoms with E-state index < -0.39 is 0 Å². The lowest BCUT2D eigenvalue weighted by molar-refractivity contribution is -0.0413. The Kier molecular flexibility index (Phi) is 3.05. The molecule has 0 amide bonds. The Labute approximate surface area is 129 Å². The van der Waals surface area contributed by atoms with E-state index in [0.29, 0.717) is 5.75 Å². The highest BCUT2D eigenvalue weighted by atomic mass is 16.7. The molecule has 4 rings (SSSR count). The van der Waals surface area contributed by atoms with Crippen molar-refractivity contribution in [2.24, 2.45) is 7.05 Å². The van der Waals surface area contributed by atoms with Crippen molar-refractivity contribution < 1.29 is 9.94 Å². The molecule has 1 N–H and O–H groups in total. The lowest BCUT2D eigenvalue weighted by Crippen LogP contribution is -2.23. The normalized spacial score (nSPS) is 14.2. The lowest BCUT2D eigenvalue weighted by Gasteiger charge is -2.13. The Morgan fingerprint density at radius 1 is 1.14 bits per heavy atom. The van der Waals surface area contributed by atoms with Gasteiger partial charge in [-0.2, -0.15) is 0 Å². The number of aryl methyl sites for hydroxylation is 1. The maximum Gasteiger partial charge on any atom is 0.152 e. The fraction of sp³-hybridized carbons (Fsp3) is 0.222. The molecule has 1 aliphatic rings. The largest absolute Gasteiger partial charge is 0.507 e. The number of phenolic OH excluding ortho intramolecular Hbond substituents is 1. The van der Waals surface area contributed by atoms with Crippen molar-refractivity contribution in [3.63, 3.8) is 0 Å². The Hall–Kier alpha value is -2.46. The van der Waals surface area contributed by atoms with Crippen LogP contribution in [0.3, 0.4) is 0 Å². The van der Waals surface area contributed by atoms with Gasteiger partial charge in [0.2, 0.25) is 0 Å². The van der Waals surface area contributed by atoms with Gasteiger partial charge in [-0.15, -0.1) is 5.06 Å². The summed E-state index contributed by atoms with van der Waals surface area (Å²) in [6.07, 6.45) is 2.93. The topological polar surface area (TPSA) is 37.6 Å². The van der Waals surface area contributed by atoms with Crippen molar-refractivity contribution in [3.8, 4) is 11.5 Å². The average molecular weight is 294 g/mol. The highest BCUT2D eigenvalue weighted by molar-refractivity contribution is 5.89. The zero-order valence-electron chi connectivity index (χ0n) is 12.5. The van der Waals surface area contributed by atoms with Crippen LogP contribution in [0.15, 0.2) is 48.7 Å². The number of rotatable bonds is 3. The van der Waals surface area contributed by atoms with Crippen molar-refractivity contribution in [2.45, 2.75) is 13.0 Å². The molecule has 1 aliphatic heterocycles. The van der Waals surface area contributed by atoms with Gasteiger partial charge in [0.05, 0.1) is 12.1 Å². The van der Waals surface area contributed by atoms with E-state index in [1.807, 2.05) is 42.4 Å². The summed E-state index contributed by atoms with van der Waals surface area (Å²) >= 11 is 0. The van der Waals surface area contributed by atoms with Gasteiger partial charge in [-0.1, -0.05) is 24.3 Å². The molecular formula is C18H18N2O2. The van der Waals surface area contributed by atoms with E-state index in [4.69, 9.17) is 4.84 Å². The van der Waals surface area contributed by atoms with E-state index in [-0.39, 0.29) is 0 Å². The minimum Gasteiger partial charge on any atom is -0.507 e. The molecule has 3 aromatic rings. The molecule has 2 aromatic carbocycles. The number of aromatic hydroxyl groups is 1. The van der Waals surface area contributed by atoms with Crippen molar-refractivity contribution in [3.05, 3.63) is 59.8 Å². The quantitative estimate of drug-likeness (QED) is 0.806. The first kappa shape index (κ1) is 13.2. The number of hydrogen-bond acceptors (Lipinski definition) is 3. The van der Waals surface area contributed by atoms with Gasteiger partial charge >= 0.3 is 0 Å². The average Bonchev–Trinajstić information content (AvgIpc) is 3.07. The summed E-state index contributed by atoms with van der Waals surface area (Å²) in [6.45, 7) is 1.61. The summed E-state index contributed by atoms with van der Waals surface area (Å²) in [5, 5.41) is 13.1. The standard InChI is InChI=1S/C18H18N2O2/c1-19-11-14(18-15(19)6-4-7-16(18)21)9-10-20-12-13-5-2-3-8-17(13)22-20/h2-8,11,21H,9-10,12H2,1H3. The molecule has 0 atom stereocenters. The number of nitrogens with zero attached hydrogens (tertiary/aromatic N) is 2. The Morgan fingerprint density at radius 3 is 2.86 bits per heavy atom. The van der Waals surface area contributed by atoms with E-state index in [9.17, 15) is 5.11 Å². The molecule has 0 radical (unpaired) electrons. The number of aromatic nitrogens is 1. The number of hydroxylamine groups is 2. The summed E-state index contributed by atoms with van der Waals surface area (Å²) in [5.74, 6) is 1.29. The maximum absolute atomic E-state index is 10.1. The third kappa shape index (κ3) is 2.12. The monoisotopic (exact) mass is 294 g/mol. The van der Waals surface area contributed by atoms with Crippen LogP contribution in [-0.2, 0) is 20.0 Å². The molecule has 0 unspecified atom stereocenters. The number of fused-ring (bicyclic) bond motifs is 2. The van der Waals surface area contributed by atoms with E-state index in [1.165, 1.54) is 5.56 Å². The van der Waals surface area contributed by atoms with Crippen molar-refractivity contribution in [1.29, 1.82) is 0 Å². The first-order chi connectivity index (χ1) is 10.7. The van der Waals surface area contributed by atoms with Gasteiger partial charge in [0.1, 0.15) is 5.75 Å². The van der Waals surface area contributed by atoms with Crippen LogP contribution in [0, 0.1) is 0 Å². The molecule has 112 valence electrons. The van der Waals surface area contributed by atoms with Crippen LogP contribution in [0.2, 0.25) is 0 Å². The van der Waals surface area contributed by atoms with E-state index in [0.717, 1.165) is 41.7 Å². The van der Waals surface area contributed by atoms with Crippen LogP contribution < -0.4 is 4.84 Å². The first-order valence-electron chi connectivity index (χ1n) is 7.49. The van der Waals surface area contributed by atoms with Crippen LogP contribution in [0.25, 0.3) is 10.9 Å². The van der Waals surface area contributed by atoms with E-state index in [2.05, 4.69) is 16.8 Å². The highest BCUT2D eigenvalue weighted by Crippen LogP contribution is 2.31. The molecular weight excluding hydrogens is 276 g/mol. The minimum atomic E-state index is 0.346. The van der Waals surface area contributed by atoms with E-state index in [1.54, 1.807) is 6.07 Å². The molecule has 1 aromatic heterocycles. The lowest BCUT2D eigenvalue weighted by atomic mass is 10.1. The second kappa shape index (κ2) is 5.07. The molecule has 2 heterocycles. The molecule has 4 heteroatoms. The molecule has 0 saturated heterocycles. The smallest absolute Gasteiger partial charge is 0.152 e. The van der Waals surface area contributed by atoms with Crippen molar-refractivity contribution >= 4 is 10.9 Å². The van der Waals surface area contributed by atoms with Gasteiger partial charge in [-0.05, 0) is 30.2 Å². The van der Waals surface area contributed by atoms with Crippen LogP contribution in [-0.4, -0.2) is 21.3 Å². The third-order valence-electron chi connectivity index (χ3n) is 4.25. The highest BCUT2D eigenvalue weighted by Gasteiger charge is 2.20. The number of benzene rings is 2. The molecule has 0 fully saturated rings. The number of hydrogen-bond donors (Lipinski definition) is 1. The summed E-state index contributed by atoms with van der Waals surface area (Å²) < 4.78 is 2.06. The molecule has 0 saturated carbocycles. The number of para-hydroxylation sites is 1. The number of phenols is 1. The maximum atomic E-state index is 10.1. The summed E-state index contributed by atoms with van der Waals surface area (Å²) in [5.41, 5.74) is 3.43. The van der Waals surface area contributed by atoms with Crippen LogP contribution >= 0.6 is 0 Å². The van der Waals surface area contributed by atoms with Crippen molar-refractivity contribution in [2.75, 3.05) is 6.54 Å². The minimum absolute atomic E-state index is 0.346. The van der Waals surface area contributed by atoms with Crippen LogP contribution in [0.5, 0.6) is 11.5 Å². The van der Waals surface area contributed by atoms with Crippen LogP contribution in [0.4, 0.5) is 0 Å². The Morgan fingerprint density at radius 2 is 2.00 bits per heavy atom.